The van der Waals surface area contributed by atoms with Crippen LogP contribution in [0.5, 0.6) is 0 Å². The predicted molar refractivity (Wildman–Crippen MR) is 110 cm³/mol. The highest BCUT2D eigenvalue weighted by Gasteiger charge is 2.26. The van der Waals surface area contributed by atoms with Crippen molar-refractivity contribution < 1.29 is 13.2 Å². The maximum absolute atomic E-state index is 12.9. The number of nitrogens with one attached hydrogen (secondary N) is 2. The van der Waals surface area contributed by atoms with E-state index in [1.54, 1.807) is 18.2 Å². The van der Waals surface area contributed by atoms with Crippen LogP contribution in [0.25, 0.3) is 10.9 Å². The fraction of sp³-hybridized carbons (Fsp3) is 0.286. The second-order valence-corrected chi connectivity index (χ2v) is 9.06. The fourth-order valence-corrected chi connectivity index (χ4v) is 5.31. The Morgan fingerprint density at radius 1 is 1.04 bits per heavy atom. The lowest BCUT2D eigenvalue weighted by atomic mass is 10.1. The largest absolute Gasteiger partial charge is 0.358 e. The second-order valence-electron chi connectivity index (χ2n) is 7.12. The number of rotatable bonds is 4. The molecule has 0 unspecified atom stereocenters. The van der Waals surface area contributed by atoms with E-state index in [0.29, 0.717) is 24.3 Å². The Morgan fingerprint density at radius 2 is 1.79 bits per heavy atom. The molecule has 4 rings (SSSR count). The lowest BCUT2D eigenvalue weighted by Crippen LogP contribution is -2.35. The topological polar surface area (TPSA) is 82.3 Å². The summed E-state index contributed by atoms with van der Waals surface area (Å²) >= 11 is 0. The predicted octanol–water partition coefficient (Wildman–Crippen LogP) is 3.90. The number of carbonyl (C=O) groups is 1. The van der Waals surface area contributed by atoms with E-state index >= 15 is 0 Å². The normalized spacial score (nSPS) is 15.6. The van der Waals surface area contributed by atoms with Crippen LogP contribution in [0.3, 0.4) is 0 Å². The zero-order valence-corrected chi connectivity index (χ0v) is 16.6. The van der Waals surface area contributed by atoms with Gasteiger partial charge in [-0.25, -0.2) is 8.42 Å². The Morgan fingerprint density at radius 3 is 2.57 bits per heavy atom. The van der Waals surface area contributed by atoms with Crippen LogP contribution < -0.4 is 5.32 Å². The van der Waals surface area contributed by atoms with Gasteiger partial charge in [0.25, 0.3) is 5.91 Å². The third kappa shape index (κ3) is 3.43. The molecule has 3 aromatic rings. The molecule has 6 nitrogen and oxygen atoms in total. The van der Waals surface area contributed by atoms with Crippen LogP contribution in [-0.2, 0) is 10.0 Å². The molecular formula is C21H23N3O3S. The molecular weight excluding hydrogens is 374 g/mol. The van der Waals surface area contributed by atoms with E-state index in [9.17, 15) is 13.2 Å². The van der Waals surface area contributed by atoms with Crippen LogP contribution in [-0.4, -0.2) is 36.7 Å². The number of aromatic amines is 1. The molecule has 1 aromatic heterocycles. The van der Waals surface area contributed by atoms with E-state index in [4.69, 9.17) is 0 Å². The third-order valence-electron chi connectivity index (χ3n) is 5.17. The molecule has 1 saturated heterocycles. The Balaban J connectivity index is 1.61. The van der Waals surface area contributed by atoms with Crippen molar-refractivity contribution in [1.82, 2.24) is 9.29 Å². The van der Waals surface area contributed by atoms with Gasteiger partial charge in [-0.2, -0.15) is 4.31 Å². The first-order valence-corrected chi connectivity index (χ1v) is 10.9. The molecule has 0 aliphatic carbocycles. The molecule has 1 amide bonds. The van der Waals surface area contributed by atoms with E-state index in [1.807, 2.05) is 31.2 Å². The van der Waals surface area contributed by atoms with Gasteiger partial charge in [-0.3, -0.25) is 4.79 Å². The molecule has 1 aliphatic heterocycles. The molecule has 0 spiro atoms. The van der Waals surface area contributed by atoms with Gasteiger partial charge in [-0.15, -0.1) is 0 Å². The van der Waals surface area contributed by atoms with Crippen molar-refractivity contribution in [2.75, 3.05) is 18.4 Å². The summed E-state index contributed by atoms with van der Waals surface area (Å²) in [6.07, 6.45) is 2.83. The number of benzene rings is 2. The summed E-state index contributed by atoms with van der Waals surface area (Å²) in [5.41, 5.74) is 2.70. The van der Waals surface area contributed by atoms with Crippen molar-refractivity contribution in [1.29, 1.82) is 0 Å². The number of aromatic nitrogens is 1. The molecule has 28 heavy (non-hydrogen) atoms. The van der Waals surface area contributed by atoms with Gasteiger partial charge >= 0.3 is 0 Å². The average Bonchev–Trinajstić information content (AvgIpc) is 3.04. The SMILES string of the molecule is Cc1[nH]c2ccccc2c1C(=O)Nc1cccc(S(=O)(=O)N2CCCCC2)c1. The van der Waals surface area contributed by atoms with Crippen LogP contribution in [0.15, 0.2) is 53.4 Å². The third-order valence-corrected chi connectivity index (χ3v) is 7.06. The Hall–Kier alpha value is -2.64. The van der Waals surface area contributed by atoms with E-state index in [-0.39, 0.29) is 10.8 Å². The van der Waals surface area contributed by atoms with Gasteiger partial charge in [-0.1, -0.05) is 30.7 Å². The molecule has 2 N–H and O–H groups in total. The van der Waals surface area contributed by atoms with Crippen LogP contribution in [0.2, 0.25) is 0 Å². The van der Waals surface area contributed by atoms with E-state index < -0.39 is 10.0 Å². The summed E-state index contributed by atoms with van der Waals surface area (Å²) in [5.74, 6) is -0.262. The maximum Gasteiger partial charge on any atom is 0.258 e. The molecule has 1 aliphatic rings. The zero-order chi connectivity index (χ0) is 19.7. The minimum atomic E-state index is -3.54. The molecule has 0 atom stereocenters. The minimum absolute atomic E-state index is 0.211. The Labute approximate surface area is 164 Å². The lowest BCUT2D eigenvalue weighted by Gasteiger charge is -2.26. The summed E-state index contributed by atoms with van der Waals surface area (Å²) < 4.78 is 27.3. The number of nitrogens with zero attached hydrogens (tertiary/aromatic N) is 1. The molecule has 2 heterocycles. The first-order valence-electron chi connectivity index (χ1n) is 9.46. The Kier molecular flexibility index (Phi) is 4.95. The van der Waals surface area contributed by atoms with E-state index in [0.717, 1.165) is 35.9 Å². The van der Waals surface area contributed by atoms with Gasteiger partial charge in [0.15, 0.2) is 0 Å². The molecule has 146 valence electrons. The van der Waals surface area contributed by atoms with E-state index in [1.165, 1.54) is 10.4 Å². The molecule has 0 radical (unpaired) electrons. The van der Waals surface area contributed by atoms with Crippen LogP contribution in [0, 0.1) is 6.92 Å². The van der Waals surface area contributed by atoms with Crippen molar-refractivity contribution in [3.05, 3.63) is 59.8 Å². The first kappa shape index (κ1) is 18.7. The number of fused-ring (bicyclic) bond motifs is 1. The van der Waals surface area contributed by atoms with Crippen molar-refractivity contribution >= 4 is 32.5 Å². The second kappa shape index (κ2) is 7.41. The van der Waals surface area contributed by atoms with Crippen LogP contribution >= 0.6 is 0 Å². The number of aryl methyl sites for hydroxylation is 1. The van der Waals surface area contributed by atoms with Gasteiger partial charge in [0.2, 0.25) is 10.0 Å². The fourth-order valence-electron chi connectivity index (χ4n) is 3.75. The van der Waals surface area contributed by atoms with Crippen molar-refractivity contribution in [2.45, 2.75) is 31.1 Å². The zero-order valence-electron chi connectivity index (χ0n) is 15.7. The first-order chi connectivity index (χ1) is 13.5. The standard InChI is InChI=1S/C21H23N3O3S/c1-15-20(18-10-3-4-11-19(18)22-15)21(25)23-16-8-7-9-17(14-16)28(26,27)24-12-5-2-6-13-24/h3-4,7-11,14,22H,2,5-6,12-13H2,1H3,(H,23,25). The van der Waals surface area contributed by atoms with E-state index in [2.05, 4.69) is 10.3 Å². The molecule has 0 bridgehead atoms. The summed E-state index contributed by atoms with van der Waals surface area (Å²) in [6.45, 7) is 2.95. The van der Waals surface area contributed by atoms with Crippen molar-refractivity contribution in [3.63, 3.8) is 0 Å². The molecule has 0 saturated carbocycles. The molecule has 2 aromatic carbocycles. The van der Waals surface area contributed by atoms with Crippen LogP contribution in [0.1, 0.15) is 35.3 Å². The average molecular weight is 398 g/mol. The number of para-hydroxylation sites is 1. The van der Waals surface area contributed by atoms with Crippen molar-refractivity contribution in [3.8, 4) is 0 Å². The van der Waals surface area contributed by atoms with Crippen LogP contribution in [0.4, 0.5) is 5.69 Å². The quantitative estimate of drug-likeness (QED) is 0.700. The smallest absolute Gasteiger partial charge is 0.258 e. The van der Waals surface area contributed by atoms with Gasteiger partial charge in [0, 0.05) is 35.4 Å². The maximum atomic E-state index is 12.9. The number of sulfonamides is 1. The lowest BCUT2D eigenvalue weighted by molar-refractivity contribution is 0.102. The number of hydrogen-bond acceptors (Lipinski definition) is 3. The molecule has 7 heteroatoms. The van der Waals surface area contributed by atoms with Gasteiger partial charge < -0.3 is 10.3 Å². The summed E-state index contributed by atoms with van der Waals surface area (Å²) in [7, 11) is -3.54. The number of amides is 1. The highest BCUT2D eigenvalue weighted by molar-refractivity contribution is 7.89. The number of hydrogen-bond donors (Lipinski definition) is 2. The van der Waals surface area contributed by atoms with Gasteiger partial charge in [0.05, 0.1) is 10.5 Å². The number of piperidine rings is 1. The number of H-pyrrole nitrogens is 1. The number of carbonyl (C=O) groups excluding carboxylic acids is 1. The Bertz CT molecular complexity index is 1130. The number of anilines is 1. The van der Waals surface area contributed by atoms with Crippen molar-refractivity contribution in [2.24, 2.45) is 0 Å². The minimum Gasteiger partial charge on any atom is -0.358 e. The van der Waals surface area contributed by atoms with Gasteiger partial charge in [0.1, 0.15) is 0 Å². The van der Waals surface area contributed by atoms with Gasteiger partial charge in [-0.05, 0) is 44.0 Å². The monoisotopic (exact) mass is 397 g/mol. The molecule has 1 fully saturated rings. The highest BCUT2D eigenvalue weighted by Crippen LogP contribution is 2.25. The summed E-state index contributed by atoms with van der Waals surface area (Å²) in [5, 5.41) is 3.69. The summed E-state index contributed by atoms with van der Waals surface area (Å²) in [4.78, 5) is 16.3. The summed E-state index contributed by atoms with van der Waals surface area (Å²) in [6, 6.07) is 14.1. The highest BCUT2D eigenvalue weighted by atomic mass is 32.2.